The van der Waals surface area contributed by atoms with Crippen LogP contribution in [0.25, 0.3) is 0 Å². The van der Waals surface area contributed by atoms with E-state index >= 15 is 0 Å². The van der Waals surface area contributed by atoms with Crippen LogP contribution in [0, 0.1) is 0 Å². The Morgan fingerprint density at radius 1 is 1.22 bits per heavy atom. The molecule has 3 rings (SSSR count). The molecule has 0 atom stereocenters. The maximum Gasteiger partial charge on any atom is 0.216 e. The third kappa shape index (κ3) is 4.22. The minimum absolute atomic E-state index is 0.150. The van der Waals surface area contributed by atoms with Gasteiger partial charge in [-0.05, 0) is 49.2 Å². The van der Waals surface area contributed by atoms with Gasteiger partial charge in [-0.2, -0.15) is 0 Å². The van der Waals surface area contributed by atoms with Crippen molar-refractivity contribution in [2.75, 3.05) is 19.8 Å². The maximum absolute atomic E-state index is 11.8. The van der Waals surface area contributed by atoms with Gasteiger partial charge in [-0.25, -0.2) is 4.99 Å². The van der Waals surface area contributed by atoms with Crippen molar-refractivity contribution in [1.29, 1.82) is 0 Å². The minimum Gasteiger partial charge on any atom is -0.494 e. The van der Waals surface area contributed by atoms with Crippen molar-refractivity contribution in [1.82, 2.24) is 4.98 Å². The van der Waals surface area contributed by atoms with Crippen LogP contribution in [0.15, 0.2) is 47.6 Å². The Kier molecular flexibility index (Phi) is 5.09. The Balaban J connectivity index is 1.36. The van der Waals surface area contributed by atoms with Crippen molar-refractivity contribution in [2.45, 2.75) is 19.3 Å². The van der Waals surface area contributed by atoms with Gasteiger partial charge in [-0.1, -0.05) is 0 Å². The number of H-pyrrole nitrogens is 1. The van der Waals surface area contributed by atoms with E-state index in [-0.39, 0.29) is 5.78 Å². The molecule has 2 heterocycles. The summed E-state index contributed by atoms with van der Waals surface area (Å²) in [4.78, 5) is 19.0. The summed E-state index contributed by atoms with van der Waals surface area (Å²) >= 11 is 0. The molecule has 5 heteroatoms. The number of carbonyl (C=O) groups is 1. The molecule has 1 aromatic heterocycles. The lowest BCUT2D eigenvalue weighted by molar-refractivity contribution is 0.0973. The lowest BCUT2D eigenvalue weighted by Crippen LogP contribution is -2.03. The van der Waals surface area contributed by atoms with Gasteiger partial charge in [0.05, 0.1) is 18.8 Å². The molecule has 120 valence electrons. The molecule has 0 saturated carbocycles. The summed E-state index contributed by atoms with van der Waals surface area (Å²) in [5.74, 6) is 1.68. The van der Waals surface area contributed by atoms with Crippen molar-refractivity contribution < 1.29 is 14.3 Å². The average Bonchev–Trinajstić information content (AvgIpc) is 3.28. The number of aliphatic imine (C=N–C) groups is 1. The van der Waals surface area contributed by atoms with E-state index in [1.807, 2.05) is 30.3 Å². The van der Waals surface area contributed by atoms with E-state index in [1.54, 1.807) is 12.3 Å². The Hall–Kier alpha value is -2.56. The maximum atomic E-state index is 11.8. The summed E-state index contributed by atoms with van der Waals surface area (Å²) in [5, 5.41) is 0. The molecular formula is C18H20N2O3. The predicted molar refractivity (Wildman–Crippen MR) is 88.3 cm³/mol. The second kappa shape index (κ2) is 7.63. The number of hydrogen-bond acceptors (Lipinski definition) is 4. The number of carbonyl (C=O) groups excluding carboxylic acids is 1. The number of ether oxygens (including phenoxy) is 2. The summed E-state index contributed by atoms with van der Waals surface area (Å²) in [5.41, 5.74) is 1.66. The van der Waals surface area contributed by atoms with Crippen LogP contribution in [-0.4, -0.2) is 36.4 Å². The Morgan fingerprint density at radius 2 is 2.09 bits per heavy atom. The molecule has 5 nitrogen and oxygen atoms in total. The third-order valence-electron chi connectivity index (χ3n) is 3.65. The number of hydrogen-bond donors (Lipinski definition) is 1. The van der Waals surface area contributed by atoms with Gasteiger partial charge in [0.2, 0.25) is 5.90 Å². The molecule has 0 fully saturated rings. The monoisotopic (exact) mass is 312 g/mol. The van der Waals surface area contributed by atoms with E-state index in [1.165, 1.54) is 0 Å². The molecule has 2 aromatic rings. The van der Waals surface area contributed by atoms with Gasteiger partial charge in [-0.3, -0.25) is 4.79 Å². The van der Waals surface area contributed by atoms with Gasteiger partial charge in [0.15, 0.2) is 5.78 Å². The fourth-order valence-corrected chi connectivity index (χ4v) is 2.42. The van der Waals surface area contributed by atoms with Gasteiger partial charge >= 0.3 is 0 Å². The Labute approximate surface area is 135 Å². The summed E-state index contributed by atoms with van der Waals surface area (Å²) in [6.45, 7) is 2.00. The van der Waals surface area contributed by atoms with Crippen LogP contribution in [0.1, 0.15) is 35.3 Å². The van der Waals surface area contributed by atoms with Crippen molar-refractivity contribution in [3.05, 3.63) is 53.9 Å². The highest BCUT2D eigenvalue weighted by Crippen LogP contribution is 2.15. The van der Waals surface area contributed by atoms with E-state index in [4.69, 9.17) is 9.47 Å². The number of aromatic nitrogens is 1. The quantitative estimate of drug-likeness (QED) is 0.601. The van der Waals surface area contributed by atoms with Crippen LogP contribution < -0.4 is 4.74 Å². The molecule has 0 unspecified atom stereocenters. The van der Waals surface area contributed by atoms with E-state index in [0.29, 0.717) is 31.2 Å². The molecule has 1 aromatic carbocycles. The first-order chi connectivity index (χ1) is 11.3. The molecule has 23 heavy (non-hydrogen) atoms. The molecule has 0 saturated heterocycles. The Bertz CT molecular complexity index is 660. The largest absolute Gasteiger partial charge is 0.494 e. The number of aromatic amines is 1. The van der Waals surface area contributed by atoms with Crippen LogP contribution in [0.5, 0.6) is 5.75 Å². The molecule has 0 aliphatic carbocycles. The number of nitrogens with zero attached hydrogens (tertiary/aromatic N) is 1. The first-order valence-electron chi connectivity index (χ1n) is 7.90. The first-order valence-corrected chi connectivity index (χ1v) is 7.90. The molecule has 1 aliphatic heterocycles. The lowest BCUT2D eigenvalue weighted by Gasteiger charge is -2.07. The zero-order valence-electron chi connectivity index (χ0n) is 13.0. The van der Waals surface area contributed by atoms with Crippen molar-refractivity contribution in [3.8, 4) is 5.75 Å². The lowest BCUT2D eigenvalue weighted by atomic mass is 10.1. The van der Waals surface area contributed by atoms with Crippen LogP contribution in [0.3, 0.4) is 0 Å². The molecule has 0 radical (unpaired) electrons. The van der Waals surface area contributed by atoms with Crippen LogP contribution in [0.4, 0.5) is 0 Å². The molecule has 0 spiro atoms. The molecule has 0 amide bonds. The zero-order chi connectivity index (χ0) is 15.9. The van der Waals surface area contributed by atoms with Gasteiger partial charge in [-0.15, -0.1) is 0 Å². The van der Waals surface area contributed by atoms with E-state index in [2.05, 4.69) is 9.98 Å². The summed E-state index contributed by atoms with van der Waals surface area (Å²) in [7, 11) is 0. The van der Waals surface area contributed by atoms with Gasteiger partial charge < -0.3 is 14.5 Å². The van der Waals surface area contributed by atoms with Gasteiger partial charge in [0, 0.05) is 18.2 Å². The predicted octanol–water partition coefficient (Wildman–Crippen LogP) is 3.22. The summed E-state index contributed by atoms with van der Waals surface area (Å²) < 4.78 is 11.1. The first kappa shape index (κ1) is 15.3. The highest BCUT2D eigenvalue weighted by atomic mass is 16.5. The van der Waals surface area contributed by atoms with Gasteiger partial charge in [0.25, 0.3) is 0 Å². The average molecular weight is 312 g/mol. The molecule has 1 N–H and O–H groups in total. The second-order valence-corrected chi connectivity index (χ2v) is 5.37. The standard InChI is InChI=1S/C18H20N2O3/c21-17(16-4-3-10-19-16)5-1-2-12-22-15-8-6-14(7-9-15)18-20-11-13-23-18/h3-4,6-10,19H,1-2,5,11-13H2. The number of nitrogens with one attached hydrogen (secondary N) is 1. The number of unbranched alkanes of at least 4 members (excludes halogenated alkanes) is 1. The minimum atomic E-state index is 0.150. The highest BCUT2D eigenvalue weighted by molar-refractivity contribution is 5.95. The van der Waals surface area contributed by atoms with Gasteiger partial charge in [0.1, 0.15) is 12.4 Å². The normalized spacial score (nSPS) is 13.5. The number of benzene rings is 1. The molecule has 1 aliphatic rings. The number of rotatable bonds is 8. The third-order valence-corrected chi connectivity index (χ3v) is 3.65. The zero-order valence-corrected chi connectivity index (χ0v) is 13.0. The van der Waals surface area contributed by atoms with Crippen LogP contribution >= 0.6 is 0 Å². The molecule has 0 bridgehead atoms. The summed E-state index contributed by atoms with van der Waals surface area (Å²) in [6.07, 6.45) is 3.98. The van der Waals surface area contributed by atoms with E-state index in [0.717, 1.165) is 30.7 Å². The van der Waals surface area contributed by atoms with Crippen molar-refractivity contribution in [2.24, 2.45) is 4.99 Å². The second-order valence-electron chi connectivity index (χ2n) is 5.37. The SMILES string of the molecule is O=C(CCCCOc1ccc(C2=NCCO2)cc1)c1ccc[nH]1. The van der Waals surface area contributed by atoms with Crippen molar-refractivity contribution >= 4 is 11.7 Å². The highest BCUT2D eigenvalue weighted by Gasteiger charge is 2.10. The Morgan fingerprint density at radius 3 is 2.78 bits per heavy atom. The van der Waals surface area contributed by atoms with E-state index < -0.39 is 0 Å². The fraction of sp³-hybridized carbons (Fsp3) is 0.333. The fourth-order valence-electron chi connectivity index (χ4n) is 2.42. The number of Topliss-reactive ketones (excluding diaryl/α,β-unsaturated/α-hetero) is 1. The molecular weight excluding hydrogens is 292 g/mol. The number of ketones is 1. The van der Waals surface area contributed by atoms with E-state index in [9.17, 15) is 4.79 Å². The van der Waals surface area contributed by atoms with Crippen LogP contribution in [-0.2, 0) is 4.74 Å². The smallest absolute Gasteiger partial charge is 0.216 e. The van der Waals surface area contributed by atoms with Crippen LogP contribution in [0.2, 0.25) is 0 Å². The van der Waals surface area contributed by atoms with Crippen molar-refractivity contribution in [3.63, 3.8) is 0 Å². The topological polar surface area (TPSA) is 63.7 Å². The summed E-state index contributed by atoms with van der Waals surface area (Å²) in [6, 6.07) is 11.4.